The number of nitrogens with one attached hydrogen (secondary N) is 1. The first-order chi connectivity index (χ1) is 10.3. The van der Waals surface area contributed by atoms with Crippen molar-refractivity contribution in [1.82, 2.24) is 5.32 Å². The number of halogens is 1. The van der Waals surface area contributed by atoms with E-state index in [1.54, 1.807) is 0 Å². The smallest absolute Gasteiger partial charge is 0.0423 e. The summed E-state index contributed by atoms with van der Waals surface area (Å²) in [5.74, 6) is 0.646. The fourth-order valence-electron chi connectivity index (χ4n) is 3.15. The highest BCUT2D eigenvalue weighted by Crippen LogP contribution is 2.33. The highest BCUT2D eigenvalue weighted by atomic mass is 79.9. The lowest BCUT2D eigenvalue weighted by atomic mass is 9.99. The molecule has 1 aliphatic heterocycles. The molecule has 0 aromatic heterocycles. The first-order valence-corrected chi connectivity index (χ1v) is 8.30. The monoisotopic (exact) mass is 344 g/mol. The quantitative estimate of drug-likeness (QED) is 0.895. The number of hydrogen-bond acceptors (Lipinski definition) is 2. The van der Waals surface area contributed by atoms with Crippen LogP contribution in [0.1, 0.15) is 23.5 Å². The lowest BCUT2D eigenvalue weighted by Crippen LogP contribution is -2.22. The summed E-state index contributed by atoms with van der Waals surface area (Å²) in [6.07, 6.45) is 1.23. The summed E-state index contributed by atoms with van der Waals surface area (Å²) in [6.45, 7) is 3.15. The Morgan fingerprint density at radius 1 is 1.19 bits per heavy atom. The average molecular weight is 345 g/mol. The minimum absolute atomic E-state index is 0.646. The van der Waals surface area contributed by atoms with Crippen molar-refractivity contribution in [2.24, 2.45) is 0 Å². The summed E-state index contributed by atoms with van der Waals surface area (Å²) in [5, 5.41) is 3.27. The van der Waals surface area contributed by atoms with Gasteiger partial charge in [-0.25, -0.2) is 0 Å². The largest absolute Gasteiger partial charge is 0.371 e. The Balaban J connectivity index is 1.81. The highest BCUT2D eigenvalue weighted by molar-refractivity contribution is 9.10. The van der Waals surface area contributed by atoms with Crippen molar-refractivity contribution in [3.8, 4) is 0 Å². The third kappa shape index (κ3) is 3.30. The molecule has 1 aliphatic rings. The fourth-order valence-corrected chi connectivity index (χ4v) is 3.50. The second kappa shape index (κ2) is 6.63. The molecule has 0 amide bonds. The topological polar surface area (TPSA) is 15.3 Å². The zero-order valence-electron chi connectivity index (χ0n) is 12.3. The SMILES string of the molecule is CNCc1ccc(Br)cc1N1CCC(c2ccccc2)C1. The Morgan fingerprint density at radius 2 is 2.00 bits per heavy atom. The maximum atomic E-state index is 3.61. The first kappa shape index (κ1) is 14.6. The van der Waals surface area contributed by atoms with Crippen molar-refractivity contribution in [3.05, 3.63) is 64.1 Å². The fraction of sp³-hybridized carbons (Fsp3) is 0.333. The molecule has 1 heterocycles. The molecule has 0 bridgehead atoms. The summed E-state index contributed by atoms with van der Waals surface area (Å²) in [7, 11) is 2.00. The predicted octanol–water partition coefficient (Wildman–Crippen LogP) is 4.16. The molecule has 2 nitrogen and oxygen atoms in total. The normalized spacial score (nSPS) is 18.2. The van der Waals surface area contributed by atoms with Crippen molar-refractivity contribution >= 4 is 21.6 Å². The molecule has 0 radical (unpaired) electrons. The lowest BCUT2D eigenvalue weighted by Gasteiger charge is -2.22. The maximum absolute atomic E-state index is 3.61. The summed E-state index contributed by atoms with van der Waals surface area (Å²) in [5.41, 5.74) is 4.19. The van der Waals surface area contributed by atoms with Crippen LogP contribution in [0, 0.1) is 0 Å². The molecule has 1 N–H and O–H groups in total. The second-order valence-electron chi connectivity index (χ2n) is 5.65. The van der Waals surface area contributed by atoms with E-state index >= 15 is 0 Å². The van der Waals surface area contributed by atoms with Gasteiger partial charge >= 0.3 is 0 Å². The molecular formula is C18H21BrN2. The van der Waals surface area contributed by atoms with Crippen molar-refractivity contribution in [2.75, 3.05) is 25.0 Å². The van der Waals surface area contributed by atoms with E-state index in [1.807, 2.05) is 7.05 Å². The summed E-state index contributed by atoms with van der Waals surface area (Å²) in [6, 6.07) is 17.5. The third-order valence-electron chi connectivity index (χ3n) is 4.21. The van der Waals surface area contributed by atoms with Crippen molar-refractivity contribution in [2.45, 2.75) is 18.9 Å². The molecule has 2 aromatic carbocycles. The van der Waals surface area contributed by atoms with E-state index in [9.17, 15) is 0 Å². The van der Waals surface area contributed by atoms with Crippen LogP contribution in [-0.2, 0) is 6.54 Å². The van der Waals surface area contributed by atoms with E-state index in [1.165, 1.54) is 23.2 Å². The molecule has 1 atom stereocenters. The molecule has 3 heteroatoms. The molecule has 1 fully saturated rings. The molecule has 1 unspecified atom stereocenters. The molecular weight excluding hydrogens is 324 g/mol. The Morgan fingerprint density at radius 3 is 2.76 bits per heavy atom. The molecule has 1 saturated heterocycles. The van der Waals surface area contributed by atoms with Gasteiger partial charge in [0.25, 0.3) is 0 Å². The van der Waals surface area contributed by atoms with Gasteiger partial charge in [-0.3, -0.25) is 0 Å². The Labute approximate surface area is 135 Å². The van der Waals surface area contributed by atoms with Gasteiger partial charge in [-0.15, -0.1) is 0 Å². The van der Waals surface area contributed by atoms with Crippen LogP contribution < -0.4 is 10.2 Å². The standard InChI is InChI=1S/C18H21BrN2/c1-20-12-15-7-8-17(19)11-18(15)21-10-9-16(13-21)14-5-3-2-4-6-14/h2-8,11,16,20H,9-10,12-13H2,1H3. The Hall–Kier alpha value is -1.32. The van der Waals surface area contributed by atoms with Gasteiger partial charge in [0.05, 0.1) is 0 Å². The van der Waals surface area contributed by atoms with Gasteiger partial charge in [0.2, 0.25) is 0 Å². The van der Waals surface area contributed by atoms with Crippen molar-refractivity contribution < 1.29 is 0 Å². The third-order valence-corrected chi connectivity index (χ3v) is 4.71. The number of nitrogens with zero attached hydrogens (tertiary/aromatic N) is 1. The van der Waals surface area contributed by atoms with Crippen molar-refractivity contribution in [1.29, 1.82) is 0 Å². The van der Waals surface area contributed by atoms with Crippen LogP contribution in [0.4, 0.5) is 5.69 Å². The van der Waals surface area contributed by atoms with Crippen LogP contribution in [0.3, 0.4) is 0 Å². The zero-order chi connectivity index (χ0) is 14.7. The molecule has 3 rings (SSSR count). The van der Waals surface area contributed by atoms with Crippen LogP contribution in [-0.4, -0.2) is 20.1 Å². The molecule has 0 saturated carbocycles. The lowest BCUT2D eigenvalue weighted by molar-refractivity contribution is 0.773. The summed E-state index contributed by atoms with van der Waals surface area (Å²) < 4.78 is 1.15. The molecule has 2 aromatic rings. The van der Waals surface area contributed by atoms with E-state index in [0.29, 0.717) is 5.92 Å². The Kier molecular flexibility index (Phi) is 4.61. The molecule has 0 spiro atoms. The van der Waals surface area contributed by atoms with E-state index in [4.69, 9.17) is 0 Å². The second-order valence-corrected chi connectivity index (χ2v) is 6.56. The van der Waals surface area contributed by atoms with Crippen LogP contribution in [0.15, 0.2) is 53.0 Å². The van der Waals surface area contributed by atoms with Gasteiger partial charge in [-0.1, -0.05) is 52.3 Å². The van der Waals surface area contributed by atoms with Crippen LogP contribution in [0.25, 0.3) is 0 Å². The Bertz CT molecular complexity index is 597. The van der Waals surface area contributed by atoms with Gasteiger partial charge in [0, 0.05) is 35.7 Å². The van der Waals surface area contributed by atoms with E-state index in [0.717, 1.165) is 24.1 Å². The number of benzene rings is 2. The van der Waals surface area contributed by atoms with Crippen molar-refractivity contribution in [3.63, 3.8) is 0 Å². The van der Waals surface area contributed by atoms with Gasteiger partial charge in [-0.2, -0.15) is 0 Å². The average Bonchev–Trinajstić information content (AvgIpc) is 3.00. The van der Waals surface area contributed by atoms with Gasteiger partial charge in [0.1, 0.15) is 0 Å². The molecule has 110 valence electrons. The minimum Gasteiger partial charge on any atom is -0.371 e. The van der Waals surface area contributed by atoms with E-state index in [2.05, 4.69) is 74.7 Å². The van der Waals surface area contributed by atoms with E-state index in [-0.39, 0.29) is 0 Å². The van der Waals surface area contributed by atoms with Crippen LogP contribution in [0.5, 0.6) is 0 Å². The minimum atomic E-state index is 0.646. The van der Waals surface area contributed by atoms with Crippen LogP contribution >= 0.6 is 15.9 Å². The maximum Gasteiger partial charge on any atom is 0.0423 e. The van der Waals surface area contributed by atoms with Gasteiger partial charge in [0.15, 0.2) is 0 Å². The number of anilines is 1. The predicted molar refractivity (Wildman–Crippen MR) is 92.9 cm³/mol. The highest BCUT2D eigenvalue weighted by Gasteiger charge is 2.25. The molecule has 0 aliphatic carbocycles. The van der Waals surface area contributed by atoms with Gasteiger partial charge < -0.3 is 10.2 Å². The van der Waals surface area contributed by atoms with E-state index < -0.39 is 0 Å². The number of rotatable bonds is 4. The van der Waals surface area contributed by atoms with Gasteiger partial charge in [-0.05, 0) is 36.7 Å². The zero-order valence-corrected chi connectivity index (χ0v) is 13.9. The molecule has 21 heavy (non-hydrogen) atoms. The first-order valence-electron chi connectivity index (χ1n) is 7.51. The number of hydrogen-bond donors (Lipinski definition) is 1. The van der Waals surface area contributed by atoms with Crippen LogP contribution in [0.2, 0.25) is 0 Å². The summed E-state index contributed by atoms with van der Waals surface area (Å²) >= 11 is 3.61. The summed E-state index contributed by atoms with van der Waals surface area (Å²) in [4.78, 5) is 2.52.